The number of hydrogen-bond donors (Lipinski definition) is 11. The van der Waals surface area contributed by atoms with Crippen molar-refractivity contribution in [2.24, 2.45) is 83.4 Å². The summed E-state index contributed by atoms with van der Waals surface area (Å²) in [5, 5.41) is 37.0. The smallest absolute Gasteiger partial charge is 0.394 e. The van der Waals surface area contributed by atoms with Gasteiger partial charge in [0.2, 0.25) is 42.9 Å². The Balaban J connectivity index is 1.17. The molecule has 27 nitrogen and oxygen atoms in total. The predicted molar refractivity (Wildman–Crippen MR) is 339 cm³/mol. The predicted octanol–water partition coefficient (Wildman–Crippen LogP) is 3.02. The van der Waals surface area contributed by atoms with Crippen molar-refractivity contribution in [1.82, 2.24) is 36.1 Å². The van der Waals surface area contributed by atoms with Crippen LogP contribution in [0.3, 0.4) is 0 Å². The molecule has 1 aromatic carbocycles. The number of rotatable bonds is 29. The van der Waals surface area contributed by atoms with E-state index in [1.807, 2.05) is 87.4 Å². The van der Waals surface area contributed by atoms with Crippen molar-refractivity contribution >= 4 is 78.9 Å². The molecular weight excluding hydrogens is 1190 g/mol. The summed E-state index contributed by atoms with van der Waals surface area (Å²) in [6, 6.07) is 2.48. The topological polar surface area (TPSA) is 418 Å². The quantitative estimate of drug-likeness (QED) is 0.0317. The first kappa shape index (κ1) is 69.9. The molecule has 2 fully saturated rings. The Bertz CT molecular complexity index is 3430. The van der Waals surface area contributed by atoms with Crippen molar-refractivity contribution in [1.29, 1.82) is 0 Å². The van der Waals surface area contributed by atoms with Gasteiger partial charge in [0, 0.05) is 137 Å². The number of aliphatic hydroxyl groups excluding tert-OH is 2. The number of carbonyl (C=O) groups excluding carboxylic acids is 7. The van der Waals surface area contributed by atoms with Gasteiger partial charge in [0.25, 0.3) is 0 Å². The SMILES string of the molecule is CC1=C2N=C(C=C3N/C(=C(/C)C4=NC(C(C)C5N=C1C(C)(CCC(=O)NCC(C)OP(=O)(O)OC1C(CO)OC(n6cnc7cc(C)c(C)cc76)C1O)C5CNC=O)C(C)(CNC=O)C4CCNC=O)C(C)(CC(N)=O)C3CCC(N)=O)C(C)(C)C2CCC(N)=O. The molecule has 2 aromatic rings. The standard InChI is InChI=1S/C63H92N13O14P/c1-32-20-43-44(21-33(32)2)76(28-71-43)59-54(85)55(45(26-77)88-59)90-91(86,87)89-34(3)24-70-50(84)16-18-61(9)41(25-68-30-79)53-37(6)58-63(11,27-69-31-80)40(17-19-67-29-78)52(74-58)36(5)57-62(10,23-49(66)83)38(12-14-47(64)81)42(72-57)22-46-60(7,8)39(13-15-48(65)82)51(73-46)35(4)56(61)75-53/h20-22,28-31,34,37-41,45,53-55,58-59,72,77,85H,12-19,23-27H2,1-11H3,(H2,64,81)(H2,65,82)(H2,66,83)(H,67,78)(H,68,79)(H,69,80)(H,70,84)(H,86,87)/b42-22?,51-35?,57-36-. The summed E-state index contributed by atoms with van der Waals surface area (Å²) in [6.45, 7) is 20.7. The van der Waals surface area contributed by atoms with E-state index >= 15 is 0 Å². The van der Waals surface area contributed by atoms with E-state index in [1.165, 1.54) is 13.3 Å². The van der Waals surface area contributed by atoms with Crippen LogP contribution in [0.2, 0.25) is 0 Å². The van der Waals surface area contributed by atoms with Crippen molar-refractivity contribution < 1.29 is 67.0 Å². The number of imidazole rings is 1. The van der Waals surface area contributed by atoms with Crippen LogP contribution in [0.15, 0.2) is 67.8 Å². The fraction of sp³-hybridized carbons (Fsp3) is 0.635. The third-order valence-electron chi connectivity index (χ3n) is 20.6. The molecule has 28 heteroatoms. The molecule has 14 N–H and O–H groups in total. The molecule has 16 unspecified atom stereocenters. The third-order valence-corrected chi connectivity index (χ3v) is 21.7. The van der Waals surface area contributed by atoms with Gasteiger partial charge in [-0.2, -0.15) is 0 Å². The van der Waals surface area contributed by atoms with E-state index in [4.69, 9.17) is 46.0 Å². The van der Waals surface area contributed by atoms with Gasteiger partial charge >= 0.3 is 7.82 Å². The summed E-state index contributed by atoms with van der Waals surface area (Å²) >= 11 is 0. The Labute approximate surface area is 530 Å². The summed E-state index contributed by atoms with van der Waals surface area (Å²) < 4.78 is 32.3. The summed E-state index contributed by atoms with van der Waals surface area (Å²) in [6.07, 6.45) is -0.629. The molecule has 498 valence electrons. The molecule has 1 aromatic heterocycles. The second-order valence-electron chi connectivity index (χ2n) is 27.0. The molecule has 7 heterocycles. The van der Waals surface area contributed by atoms with Crippen LogP contribution < -0.4 is 43.8 Å². The number of aliphatic imine (C=N–C) groups is 3. The first-order valence-electron chi connectivity index (χ1n) is 31.2. The number of benzene rings is 1. The lowest BCUT2D eigenvalue weighted by Gasteiger charge is -2.42. The molecule has 0 aliphatic carbocycles. The van der Waals surface area contributed by atoms with Crippen molar-refractivity contribution in [3.63, 3.8) is 0 Å². The van der Waals surface area contributed by atoms with Crippen LogP contribution in [-0.2, 0) is 51.9 Å². The largest absolute Gasteiger partial charge is 0.472 e. The molecule has 91 heavy (non-hydrogen) atoms. The lowest BCUT2D eigenvalue weighted by atomic mass is 9.62. The first-order chi connectivity index (χ1) is 42.8. The van der Waals surface area contributed by atoms with Crippen molar-refractivity contribution in [3.8, 4) is 0 Å². The van der Waals surface area contributed by atoms with Crippen molar-refractivity contribution in [2.45, 2.75) is 170 Å². The maximum atomic E-state index is 14.3. The lowest BCUT2D eigenvalue weighted by molar-refractivity contribution is -0.122. The van der Waals surface area contributed by atoms with Crippen LogP contribution in [0.1, 0.15) is 131 Å². The van der Waals surface area contributed by atoms with E-state index in [-0.39, 0.29) is 71.1 Å². The summed E-state index contributed by atoms with van der Waals surface area (Å²) in [7, 11) is -5.03. The highest BCUT2D eigenvalue weighted by Crippen LogP contribution is 2.58. The number of primary amides is 3. The molecule has 0 spiro atoms. The molecule has 7 amide bonds. The molecular formula is C63H92N13O14P. The van der Waals surface area contributed by atoms with Crippen LogP contribution in [0.5, 0.6) is 0 Å². The number of carbonyl (C=O) groups is 7. The van der Waals surface area contributed by atoms with E-state index in [0.29, 0.717) is 82.1 Å². The number of nitrogens with two attached hydrogens (primary N) is 3. The average Bonchev–Trinajstić information content (AvgIpc) is 1.57. The summed E-state index contributed by atoms with van der Waals surface area (Å²) in [5.74, 6) is -4.60. The van der Waals surface area contributed by atoms with Crippen LogP contribution in [0.4, 0.5) is 0 Å². The van der Waals surface area contributed by atoms with Crippen molar-refractivity contribution in [2.75, 3.05) is 32.8 Å². The number of aryl methyl sites for hydroxylation is 2. The summed E-state index contributed by atoms with van der Waals surface area (Å²) in [4.78, 5) is 122. The van der Waals surface area contributed by atoms with E-state index < -0.39 is 132 Å². The highest BCUT2D eigenvalue weighted by atomic mass is 31.2. The molecule has 8 rings (SSSR count). The zero-order chi connectivity index (χ0) is 66.9. The number of aliphatic hydroxyl groups is 2. The maximum absolute atomic E-state index is 14.3. The van der Waals surface area contributed by atoms with Gasteiger partial charge in [-0.05, 0) is 101 Å². The molecule has 0 radical (unpaired) electrons. The van der Waals surface area contributed by atoms with Gasteiger partial charge in [-0.1, -0.05) is 41.5 Å². The Morgan fingerprint density at radius 2 is 1.53 bits per heavy atom. The van der Waals surface area contributed by atoms with Gasteiger partial charge < -0.3 is 68.2 Å². The van der Waals surface area contributed by atoms with E-state index in [1.54, 1.807) is 4.57 Å². The number of fused-ring (bicyclic) bond motifs is 6. The van der Waals surface area contributed by atoms with Crippen molar-refractivity contribution in [3.05, 3.63) is 63.9 Å². The number of phosphoric ester groups is 1. The molecule has 0 saturated carbocycles. The van der Waals surface area contributed by atoms with Gasteiger partial charge in [0.1, 0.15) is 18.3 Å². The zero-order valence-corrected chi connectivity index (χ0v) is 54.8. The van der Waals surface area contributed by atoms with Gasteiger partial charge in [0.15, 0.2) is 6.23 Å². The second-order valence-corrected chi connectivity index (χ2v) is 28.3. The number of hydrogen-bond acceptors (Lipinski definition) is 18. The minimum Gasteiger partial charge on any atom is -0.394 e. The fourth-order valence-corrected chi connectivity index (χ4v) is 16.7. The fourth-order valence-electron chi connectivity index (χ4n) is 15.6. The Hall–Kier alpha value is -7.00. The highest BCUT2D eigenvalue weighted by Gasteiger charge is 2.59. The molecule has 2 saturated heterocycles. The Kier molecular flexibility index (Phi) is 21.3. The number of phosphoric acid groups is 1. The number of amides is 7. The average molecular weight is 1290 g/mol. The van der Waals surface area contributed by atoms with Gasteiger partial charge in [-0.15, -0.1) is 0 Å². The number of aromatic nitrogens is 2. The molecule has 16 atom stereocenters. The number of nitrogens with one attached hydrogen (secondary N) is 5. The lowest BCUT2D eigenvalue weighted by Crippen LogP contribution is -2.51. The maximum Gasteiger partial charge on any atom is 0.472 e. The zero-order valence-electron chi connectivity index (χ0n) is 53.9. The Morgan fingerprint density at radius 3 is 2.16 bits per heavy atom. The minimum atomic E-state index is -5.03. The van der Waals surface area contributed by atoms with Gasteiger partial charge in [-0.3, -0.25) is 57.6 Å². The first-order valence-corrected chi connectivity index (χ1v) is 32.7. The number of allylic oxidation sites excluding steroid dienone is 6. The third kappa shape index (κ3) is 13.9. The molecule has 8 bridgehead atoms. The van der Waals surface area contributed by atoms with E-state index in [9.17, 15) is 53.2 Å². The number of nitrogens with zero attached hydrogens (tertiary/aromatic N) is 5. The van der Waals surface area contributed by atoms with Gasteiger partial charge in [-0.25, -0.2) is 9.55 Å². The Morgan fingerprint density at radius 1 is 0.868 bits per heavy atom. The van der Waals surface area contributed by atoms with Gasteiger partial charge in [0.05, 0.1) is 42.2 Å². The minimum absolute atomic E-state index is 0.00470. The summed E-state index contributed by atoms with van der Waals surface area (Å²) in [5.41, 5.74) is 22.4. The molecule has 6 aliphatic rings. The van der Waals surface area contributed by atoms with E-state index in [2.05, 4.69) is 31.6 Å². The van der Waals surface area contributed by atoms with E-state index in [0.717, 1.165) is 11.1 Å². The number of ether oxygens (including phenoxy) is 1. The highest BCUT2D eigenvalue weighted by molar-refractivity contribution is 7.47. The normalized spacial score (nSPS) is 32.6. The van der Waals surface area contributed by atoms with Crippen LogP contribution >= 0.6 is 7.82 Å². The monoisotopic (exact) mass is 1290 g/mol. The van der Waals surface area contributed by atoms with Crippen LogP contribution in [0.25, 0.3) is 11.0 Å². The van der Waals surface area contributed by atoms with Crippen LogP contribution in [0, 0.1) is 65.1 Å². The molecule has 6 aliphatic heterocycles. The van der Waals surface area contributed by atoms with Crippen LogP contribution in [-0.4, -0.2) is 154 Å². The second kappa shape index (κ2) is 27.7.